The topological polar surface area (TPSA) is 58.6 Å². The standard InChI is InChI=1S/C25H30N2O3/c1-18(28)26-23-16-24(30-25(17-23)12-14-27(15-13-25)19(2)29)22-10-8-21(9-11-22)20-6-4-3-5-7-20/h3-11,23-24H,12-17H2,1-2H3,(H,26,28)/t23-,24-/m1/s1. The minimum atomic E-state index is -0.292. The summed E-state index contributed by atoms with van der Waals surface area (Å²) in [6.45, 7) is 4.62. The number of amides is 2. The van der Waals surface area contributed by atoms with E-state index >= 15 is 0 Å². The first-order valence-electron chi connectivity index (χ1n) is 10.8. The van der Waals surface area contributed by atoms with Gasteiger partial charge >= 0.3 is 0 Å². The number of likely N-dealkylation sites (tertiary alicyclic amines) is 1. The quantitative estimate of drug-likeness (QED) is 0.835. The second-order valence-corrected chi connectivity index (χ2v) is 8.62. The van der Waals surface area contributed by atoms with E-state index in [1.807, 2.05) is 23.1 Å². The molecule has 2 aliphatic rings. The molecule has 0 aliphatic carbocycles. The predicted octanol–water partition coefficient (Wildman–Crippen LogP) is 4.09. The fourth-order valence-electron chi connectivity index (χ4n) is 4.86. The molecule has 0 bridgehead atoms. The molecule has 2 fully saturated rings. The Labute approximate surface area is 178 Å². The van der Waals surface area contributed by atoms with Crippen LogP contribution in [0.25, 0.3) is 11.1 Å². The molecule has 2 heterocycles. The zero-order valence-electron chi connectivity index (χ0n) is 17.8. The van der Waals surface area contributed by atoms with Crippen molar-refractivity contribution >= 4 is 11.8 Å². The van der Waals surface area contributed by atoms with Gasteiger partial charge in [0.1, 0.15) is 0 Å². The maximum Gasteiger partial charge on any atom is 0.219 e. The van der Waals surface area contributed by atoms with Crippen molar-refractivity contribution in [1.82, 2.24) is 10.2 Å². The molecule has 158 valence electrons. The minimum absolute atomic E-state index is 0.00334. The largest absolute Gasteiger partial charge is 0.367 e. The number of carbonyl (C=O) groups excluding carboxylic acids is 2. The Hall–Kier alpha value is -2.66. The van der Waals surface area contributed by atoms with Crippen molar-refractivity contribution in [1.29, 1.82) is 0 Å². The highest BCUT2D eigenvalue weighted by Gasteiger charge is 2.44. The van der Waals surface area contributed by atoms with Crippen molar-refractivity contribution in [3.63, 3.8) is 0 Å². The number of hydrogen-bond acceptors (Lipinski definition) is 3. The Bertz CT molecular complexity index is 886. The summed E-state index contributed by atoms with van der Waals surface area (Å²) in [5.74, 6) is 0.114. The van der Waals surface area contributed by atoms with Crippen molar-refractivity contribution in [3.8, 4) is 11.1 Å². The van der Waals surface area contributed by atoms with E-state index in [9.17, 15) is 9.59 Å². The Morgan fingerprint density at radius 1 is 0.967 bits per heavy atom. The number of benzene rings is 2. The van der Waals surface area contributed by atoms with Gasteiger partial charge in [0.05, 0.1) is 11.7 Å². The Balaban J connectivity index is 1.54. The second-order valence-electron chi connectivity index (χ2n) is 8.62. The molecule has 0 radical (unpaired) electrons. The molecule has 1 spiro atoms. The molecule has 4 rings (SSSR count). The highest BCUT2D eigenvalue weighted by Crippen LogP contribution is 2.43. The lowest BCUT2D eigenvalue weighted by atomic mass is 9.79. The fourth-order valence-corrected chi connectivity index (χ4v) is 4.86. The zero-order chi connectivity index (χ0) is 21.1. The van der Waals surface area contributed by atoms with Crippen LogP contribution < -0.4 is 5.32 Å². The van der Waals surface area contributed by atoms with Gasteiger partial charge in [-0.3, -0.25) is 9.59 Å². The van der Waals surface area contributed by atoms with Crippen LogP contribution in [0.2, 0.25) is 0 Å². The summed E-state index contributed by atoms with van der Waals surface area (Å²) >= 11 is 0. The van der Waals surface area contributed by atoms with Gasteiger partial charge in [-0.2, -0.15) is 0 Å². The molecular formula is C25H30N2O3. The van der Waals surface area contributed by atoms with Gasteiger partial charge in [0.25, 0.3) is 0 Å². The van der Waals surface area contributed by atoms with Crippen LogP contribution in [-0.2, 0) is 14.3 Å². The fraction of sp³-hybridized carbons (Fsp3) is 0.440. The number of carbonyl (C=O) groups is 2. The highest BCUT2D eigenvalue weighted by molar-refractivity contribution is 5.73. The van der Waals surface area contributed by atoms with Crippen molar-refractivity contribution in [2.24, 2.45) is 0 Å². The molecule has 0 aromatic heterocycles. The summed E-state index contributed by atoms with van der Waals surface area (Å²) in [4.78, 5) is 25.4. The van der Waals surface area contributed by atoms with E-state index in [-0.39, 0.29) is 29.6 Å². The van der Waals surface area contributed by atoms with Gasteiger partial charge in [0.2, 0.25) is 11.8 Å². The molecular weight excluding hydrogens is 376 g/mol. The monoisotopic (exact) mass is 406 g/mol. The van der Waals surface area contributed by atoms with E-state index in [0.717, 1.165) is 31.2 Å². The molecule has 30 heavy (non-hydrogen) atoms. The van der Waals surface area contributed by atoms with Gasteiger partial charge in [-0.05, 0) is 42.4 Å². The number of ether oxygens (including phenoxy) is 1. The Kier molecular flexibility index (Phi) is 5.91. The number of piperidine rings is 1. The van der Waals surface area contributed by atoms with Crippen LogP contribution in [0.5, 0.6) is 0 Å². The summed E-state index contributed by atoms with van der Waals surface area (Å²) in [5, 5.41) is 3.12. The van der Waals surface area contributed by atoms with Crippen LogP contribution in [0.4, 0.5) is 0 Å². The van der Waals surface area contributed by atoms with Gasteiger partial charge in [0.15, 0.2) is 0 Å². The Morgan fingerprint density at radius 3 is 2.20 bits per heavy atom. The van der Waals surface area contributed by atoms with Crippen molar-refractivity contribution in [2.45, 2.75) is 57.3 Å². The van der Waals surface area contributed by atoms with Crippen molar-refractivity contribution in [2.75, 3.05) is 13.1 Å². The minimum Gasteiger partial charge on any atom is -0.367 e. The zero-order valence-corrected chi connectivity index (χ0v) is 17.8. The lowest BCUT2D eigenvalue weighted by molar-refractivity contribution is -0.168. The lowest BCUT2D eigenvalue weighted by Crippen LogP contribution is -2.54. The van der Waals surface area contributed by atoms with Gasteiger partial charge in [0, 0.05) is 33.0 Å². The molecule has 2 aromatic carbocycles. The van der Waals surface area contributed by atoms with Crippen LogP contribution in [0, 0.1) is 0 Å². The first kappa shape index (κ1) is 20.6. The van der Waals surface area contributed by atoms with Crippen LogP contribution in [-0.4, -0.2) is 41.4 Å². The number of nitrogens with one attached hydrogen (secondary N) is 1. The maximum absolute atomic E-state index is 11.8. The second kappa shape index (κ2) is 8.60. The lowest BCUT2D eigenvalue weighted by Gasteiger charge is -2.49. The van der Waals surface area contributed by atoms with Crippen molar-refractivity contribution < 1.29 is 14.3 Å². The molecule has 0 unspecified atom stereocenters. The summed E-state index contributed by atoms with van der Waals surface area (Å²) in [6, 6.07) is 19.0. The van der Waals surface area contributed by atoms with E-state index in [2.05, 4.69) is 41.7 Å². The van der Waals surface area contributed by atoms with Gasteiger partial charge in [-0.25, -0.2) is 0 Å². The predicted molar refractivity (Wildman–Crippen MR) is 117 cm³/mol. The molecule has 5 heteroatoms. The van der Waals surface area contributed by atoms with E-state index in [0.29, 0.717) is 13.1 Å². The summed E-state index contributed by atoms with van der Waals surface area (Å²) in [6.07, 6.45) is 3.12. The van der Waals surface area contributed by atoms with Gasteiger partial charge in [-0.15, -0.1) is 0 Å². The first-order chi connectivity index (χ1) is 14.4. The van der Waals surface area contributed by atoms with Crippen LogP contribution in [0.3, 0.4) is 0 Å². The van der Waals surface area contributed by atoms with E-state index in [4.69, 9.17) is 4.74 Å². The van der Waals surface area contributed by atoms with Crippen LogP contribution >= 0.6 is 0 Å². The molecule has 1 N–H and O–H groups in total. The van der Waals surface area contributed by atoms with Crippen molar-refractivity contribution in [3.05, 3.63) is 60.2 Å². The third-order valence-corrected chi connectivity index (χ3v) is 6.43. The number of nitrogens with zero attached hydrogens (tertiary/aromatic N) is 1. The average molecular weight is 407 g/mol. The third kappa shape index (κ3) is 4.57. The third-order valence-electron chi connectivity index (χ3n) is 6.43. The number of hydrogen-bond donors (Lipinski definition) is 1. The summed E-state index contributed by atoms with van der Waals surface area (Å²) < 4.78 is 6.70. The molecule has 2 aliphatic heterocycles. The molecule has 5 nitrogen and oxygen atoms in total. The average Bonchev–Trinajstić information content (AvgIpc) is 2.74. The van der Waals surface area contributed by atoms with E-state index in [1.54, 1.807) is 13.8 Å². The number of rotatable bonds is 3. The highest BCUT2D eigenvalue weighted by atomic mass is 16.5. The SMILES string of the molecule is CC(=O)N[C@@H]1C[C@H](c2ccc(-c3ccccc3)cc2)OC2(CCN(C(C)=O)CC2)C1. The Morgan fingerprint density at radius 2 is 1.60 bits per heavy atom. The first-order valence-corrected chi connectivity index (χ1v) is 10.8. The summed E-state index contributed by atoms with van der Waals surface area (Å²) in [5.41, 5.74) is 3.22. The molecule has 2 saturated heterocycles. The van der Waals surface area contributed by atoms with Crippen LogP contribution in [0.1, 0.15) is 51.2 Å². The normalized spacial score (nSPS) is 23.2. The molecule has 2 atom stereocenters. The van der Waals surface area contributed by atoms with Gasteiger partial charge in [-0.1, -0.05) is 54.6 Å². The molecule has 2 aromatic rings. The maximum atomic E-state index is 11.8. The van der Waals surface area contributed by atoms with Crippen LogP contribution in [0.15, 0.2) is 54.6 Å². The van der Waals surface area contributed by atoms with Gasteiger partial charge < -0.3 is 15.0 Å². The van der Waals surface area contributed by atoms with E-state index < -0.39 is 0 Å². The molecule has 2 amide bonds. The molecule has 0 saturated carbocycles. The summed E-state index contributed by atoms with van der Waals surface area (Å²) in [7, 11) is 0. The smallest absolute Gasteiger partial charge is 0.219 e. The van der Waals surface area contributed by atoms with E-state index in [1.165, 1.54) is 11.1 Å².